The minimum absolute atomic E-state index is 0.0156. The molecule has 1 fully saturated rings. The minimum Gasteiger partial charge on any atom is -0.493 e. The molecule has 2 heterocycles. The highest BCUT2D eigenvalue weighted by molar-refractivity contribution is 6.30. The molecule has 0 spiro atoms. The van der Waals surface area contributed by atoms with E-state index in [1.54, 1.807) is 7.11 Å². The van der Waals surface area contributed by atoms with E-state index in [1.165, 1.54) is 0 Å². The van der Waals surface area contributed by atoms with Crippen LogP contribution >= 0.6 is 11.6 Å². The van der Waals surface area contributed by atoms with E-state index in [-0.39, 0.29) is 30.4 Å². The van der Waals surface area contributed by atoms with Crippen LogP contribution in [0, 0.1) is 5.92 Å². The number of benzene rings is 3. The molecule has 3 aromatic rings. The smallest absolute Gasteiger partial charge is 0.232 e. The van der Waals surface area contributed by atoms with Crippen molar-refractivity contribution in [2.45, 2.75) is 64.8 Å². The summed E-state index contributed by atoms with van der Waals surface area (Å²) in [5.41, 5.74) is 3.52. The largest absolute Gasteiger partial charge is 0.493 e. The first-order valence-corrected chi connectivity index (χ1v) is 14.4. The van der Waals surface area contributed by atoms with E-state index in [2.05, 4.69) is 18.7 Å². The Bertz CT molecular complexity index is 1360. The normalized spacial score (nSPS) is 19.4. The molecular weight excluding hydrogens is 524 g/mol. The third kappa shape index (κ3) is 5.32. The van der Waals surface area contributed by atoms with E-state index in [0.717, 1.165) is 41.0 Å². The summed E-state index contributed by atoms with van der Waals surface area (Å²) in [5, 5.41) is 12.1. The number of carbonyl (C=O) groups is 1. The molecule has 2 aliphatic rings. The van der Waals surface area contributed by atoms with Crippen molar-refractivity contribution in [2.75, 3.05) is 25.1 Å². The second kappa shape index (κ2) is 11.1. The quantitative estimate of drug-likeness (QED) is 0.346. The van der Waals surface area contributed by atoms with Gasteiger partial charge in [-0.15, -0.1) is 0 Å². The Hall–Kier alpha value is -3.06. The molecule has 2 aliphatic heterocycles. The molecule has 0 aromatic heterocycles. The molecule has 1 saturated heterocycles. The number of methoxy groups -OCH3 is 1. The van der Waals surface area contributed by atoms with E-state index in [1.807, 2.05) is 86.3 Å². The molecule has 0 aliphatic carbocycles. The average Bonchev–Trinajstić information content (AvgIpc) is 2.87. The van der Waals surface area contributed by atoms with Crippen LogP contribution in [0.15, 0.2) is 60.7 Å². The number of nitrogens with zero attached hydrogens (tertiary/aromatic N) is 2. The molecular formula is C33H39ClN2O4. The fourth-order valence-electron chi connectivity index (χ4n) is 5.81. The van der Waals surface area contributed by atoms with Gasteiger partial charge in [0.1, 0.15) is 0 Å². The van der Waals surface area contributed by atoms with Crippen molar-refractivity contribution in [1.29, 1.82) is 0 Å². The highest BCUT2D eigenvalue weighted by Gasteiger charge is 2.43. The summed E-state index contributed by atoms with van der Waals surface area (Å²) < 4.78 is 11.7. The lowest BCUT2D eigenvalue weighted by molar-refractivity contribution is -0.118. The molecule has 5 rings (SSSR count). The third-order valence-electron chi connectivity index (χ3n) is 8.30. The van der Waals surface area contributed by atoms with E-state index >= 15 is 0 Å². The van der Waals surface area contributed by atoms with Gasteiger partial charge in [0.25, 0.3) is 0 Å². The van der Waals surface area contributed by atoms with Crippen LogP contribution < -0.4 is 14.4 Å². The van der Waals surface area contributed by atoms with Gasteiger partial charge >= 0.3 is 0 Å². The molecule has 6 nitrogen and oxygen atoms in total. The SMILES string of the molecule is COc1cc2c(cc1OC(C)C)[C@H](c1ccc(Cl)cc1)N(c1ccc(C(C)(O)C3CN(C(C)C)C3)cc1)C(=O)C2. The molecule has 3 aromatic carbocycles. The van der Waals surface area contributed by atoms with Crippen molar-refractivity contribution in [3.05, 3.63) is 87.9 Å². The Morgan fingerprint density at radius 3 is 2.20 bits per heavy atom. The number of halogens is 1. The summed E-state index contributed by atoms with van der Waals surface area (Å²) in [7, 11) is 1.61. The number of carbonyl (C=O) groups excluding carboxylic acids is 1. The number of aliphatic hydroxyl groups is 1. The van der Waals surface area contributed by atoms with Crippen molar-refractivity contribution in [2.24, 2.45) is 5.92 Å². The second-order valence-corrected chi connectivity index (χ2v) is 12.1. The number of anilines is 1. The Labute approximate surface area is 242 Å². The molecule has 0 radical (unpaired) electrons. The number of amides is 1. The van der Waals surface area contributed by atoms with E-state index in [4.69, 9.17) is 21.1 Å². The maximum absolute atomic E-state index is 13.8. The van der Waals surface area contributed by atoms with Crippen molar-refractivity contribution in [1.82, 2.24) is 4.90 Å². The van der Waals surface area contributed by atoms with Crippen LogP contribution in [0.25, 0.3) is 0 Å². The van der Waals surface area contributed by atoms with Gasteiger partial charge in [-0.3, -0.25) is 4.79 Å². The number of hydrogen-bond acceptors (Lipinski definition) is 5. The maximum atomic E-state index is 13.8. The van der Waals surface area contributed by atoms with Gasteiger partial charge in [-0.05, 0) is 93.3 Å². The van der Waals surface area contributed by atoms with E-state index in [9.17, 15) is 9.90 Å². The van der Waals surface area contributed by atoms with Crippen LogP contribution in [0.5, 0.6) is 11.5 Å². The van der Waals surface area contributed by atoms with Gasteiger partial charge in [-0.1, -0.05) is 35.9 Å². The predicted molar refractivity (Wildman–Crippen MR) is 159 cm³/mol. The molecule has 2 atom stereocenters. The molecule has 0 saturated carbocycles. The Kier molecular flexibility index (Phi) is 7.88. The zero-order valence-electron chi connectivity index (χ0n) is 24.1. The molecule has 212 valence electrons. The first-order chi connectivity index (χ1) is 19.0. The highest BCUT2D eigenvalue weighted by Crippen LogP contribution is 2.44. The lowest BCUT2D eigenvalue weighted by atomic mass is 9.77. The first-order valence-electron chi connectivity index (χ1n) is 14.0. The van der Waals surface area contributed by atoms with Crippen molar-refractivity contribution in [3.63, 3.8) is 0 Å². The minimum atomic E-state index is -0.947. The fourth-order valence-corrected chi connectivity index (χ4v) is 5.94. The summed E-state index contributed by atoms with van der Waals surface area (Å²) in [6.45, 7) is 12.0. The second-order valence-electron chi connectivity index (χ2n) is 11.7. The van der Waals surface area contributed by atoms with E-state index < -0.39 is 5.60 Å². The van der Waals surface area contributed by atoms with E-state index in [0.29, 0.717) is 22.6 Å². The topological polar surface area (TPSA) is 62.2 Å². The van der Waals surface area contributed by atoms with Crippen molar-refractivity contribution < 1.29 is 19.4 Å². The Morgan fingerprint density at radius 2 is 1.62 bits per heavy atom. The number of likely N-dealkylation sites (tertiary alicyclic amines) is 1. The zero-order valence-corrected chi connectivity index (χ0v) is 24.9. The van der Waals surface area contributed by atoms with Crippen LogP contribution in [0.4, 0.5) is 5.69 Å². The Morgan fingerprint density at radius 1 is 0.975 bits per heavy atom. The van der Waals surface area contributed by atoms with Gasteiger partial charge < -0.3 is 24.4 Å². The van der Waals surface area contributed by atoms with Crippen LogP contribution in [-0.2, 0) is 16.8 Å². The Balaban J connectivity index is 1.54. The number of fused-ring (bicyclic) bond motifs is 1. The monoisotopic (exact) mass is 562 g/mol. The lowest BCUT2D eigenvalue weighted by Gasteiger charge is -2.48. The van der Waals surface area contributed by atoms with Gasteiger partial charge in [0.05, 0.1) is 31.3 Å². The van der Waals surface area contributed by atoms with Gasteiger partial charge in [-0.2, -0.15) is 0 Å². The van der Waals surface area contributed by atoms with Crippen LogP contribution in [0.2, 0.25) is 5.02 Å². The van der Waals surface area contributed by atoms with Gasteiger partial charge in [0.15, 0.2) is 11.5 Å². The fraction of sp³-hybridized carbons (Fsp3) is 0.424. The molecule has 1 N–H and O–H groups in total. The molecule has 40 heavy (non-hydrogen) atoms. The van der Waals surface area contributed by atoms with Crippen LogP contribution in [0.1, 0.15) is 62.9 Å². The number of rotatable bonds is 8. The summed E-state index contributed by atoms with van der Waals surface area (Å²) in [4.78, 5) is 18.0. The maximum Gasteiger partial charge on any atom is 0.232 e. The lowest BCUT2D eigenvalue weighted by Crippen LogP contribution is -2.57. The number of hydrogen-bond donors (Lipinski definition) is 1. The van der Waals surface area contributed by atoms with Gasteiger partial charge in [-0.25, -0.2) is 0 Å². The first kappa shape index (κ1) is 28.5. The molecule has 0 bridgehead atoms. The summed E-state index contributed by atoms with van der Waals surface area (Å²) in [6, 6.07) is 19.4. The average molecular weight is 563 g/mol. The predicted octanol–water partition coefficient (Wildman–Crippen LogP) is 6.36. The number of ether oxygens (including phenoxy) is 2. The highest BCUT2D eigenvalue weighted by atomic mass is 35.5. The molecule has 1 amide bonds. The van der Waals surface area contributed by atoms with Crippen LogP contribution in [0.3, 0.4) is 0 Å². The van der Waals surface area contributed by atoms with Crippen molar-refractivity contribution >= 4 is 23.2 Å². The standard InChI is InChI=1S/C33H39ClN2O4/c1-20(2)35-18-25(19-35)33(5,38)24-9-13-27(14-10-24)36-31(37)16-23-15-29(39-6)30(40-21(3)4)17-28(23)32(36)22-7-11-26(34)12-8-22/h7-15,17,20-21,25,32,38H,16,18-19H2,1-6H3/t32-,33?/m0/s1. The molecule has 1 unspecified atom stereocenters. The summed E-state index contributed by atoms with van der Waals surface area (Å²) >= 11 is 6.24. The zero-order chi connectivity index (χ0) is 28.8. The summed E-state index contributed by atoms with van der Waals surface area (Å²) in [6.07, 6.45) is 0.204. The third-order valence-corrected chi connectivity index (χ3v) is 8.55. The summed E-state index contributed by atoms with van der Waals surface area (Å²) in [5.74, 6) is 1.41. The van der Waals surface area contributed by atoms with Gasteiger partial charge in [0, 0.05) is 35.8 Å². The van der Waals surface area contributed by atoms with Crippen LogP contribution in [-0.4, -0.2) is 48.3 Å². The molecule has 7 heteroatoms. The van der Waals surface area contributed by atoms with Gasteiger partial charge in [0.2, 0.25) is 5.91 Å². The van der Waals surface area contributed by atoms with Crippen molar-refractivity contribution in [3.8, 4) is 11.5 Å².